The standard InChI is InChI=1S/C20H27ClN6O3S/c1-15-23-18(14-24(15)2)31(29,30)27-8-5-16(6-9-27)20(28)26-12-10-25(11-13-26)19-17(21)4-3-7-22-19/h3-4,7,14,16H,5-6,8-13H2,1-2H3. The van der Waals surface area contributed by atoms with Gasteiger partial charge in [-0.05, 0) is 31.9 Å². The Bertz CT molecular complexity index is 1040. The van der Waals surface area contributed by atoms with E-state index in [9.17, 15) is 13.2 Å². The van der Waals surface area contributed by atoms with E-state index in [1.165, 1.54) is 10.5 Å². The molecule has 0 unspecified atom stereocenters. The highest BCUT2D eigenvalue weighted by Gasteiger charge is 2.35. The summed E-state index contributed by atoms with van der Waals surface area (Å²) < 4.78 is 28.9. The smallest absolute Gasteiger partial charge is 0.262 e. The molecule has 2 saturated heterocycles. The number of aryl methyl sites for hydroxylation is 2. The van der Waals surface area contributed by atoms with Gasteiger partial charge >= 0.3 is 0 Å². The highest BCUT2D eigenvalue weighted by molar-refractivity contribution is 7.89. The van der Waals surface area contributed by atoms with Crippen molar-refractivity contribution in [3.63, 3.8) is 0 Å². The summed E-state index contributed by atoms with van der Waals surface area (Å²) in [6, 6.07) is 3.61. The van der Waals surface area contributed by atoms with E-state index in [-0.39, 0.29) is 16.9 Å². The van der Waals surface area contributed by atoms with Gasteiger partial charge in [-0.25, -0.2) is 18.4 Å². The van der Waals surface area contributed by atoms with Crippen LogP contribution in [0.2, 0.25) is 5.02 Å². The number of sulfonamides is 1. The first kappa shape index (κ1) is 22.0. The Hall–Kier alpha value is -2.17. The molecule has 2 fully saturated rings. The first-order valence-electron chi connectivity index (χ1n) is 10.4. The molecule has 0 atom stereocenters. The van der Waals surface area contributed by atoms with Gasteiger partial charge in [0, 0.05) is 64.6 Å². The van der Waals surface area contributed by atoms with Crippen molar-refractivity contribution in [2.24, 2.45) is 13.0 Å². The third-order valence-electron chi connectivity index (χ3n) is 6.12. The Morgan fingerprint density at radius 1 is 1.13 bits per heavy atom. The molecule has 31 heavy (non-hydrogen) atoms. The molecule has 2 aromatic rings. The van der Waals surface area contributed by atoms with E-state index in [1.807, 2.05) is 11.0 Å². The molecule has 0 aliphatic carbocycles. The molecule has 0 N–H and O–H groups in total. The van der Waals surface area contributed by atoms with Gasteiger partial charge in [-0.15, -0.1) is 0 Å². The van der Waals surface area contributed by atoms with Crippen molar-refractivity contribution in [1.29, 1.82) is 0 Å². The largest absolute Gasteiger partial charge is 0.352 e. The average molecular weight is 467 g/mol. The van der Waals surface area contributed by atoms with Gasteiger partial charge in [0.1, 0.15) is 11.6 Å². The summed E-state index contributed by atoms with van der Waals surface area (Å²) in [6.07, 6.45) is 4.30. The fourth-order valence-electron chi connectivity index (χ4n) is 4.13. The lowest BCUT2D eigenvalue weighted by atomic mass is 9.96. The van der Waals surface area contributed by atoms with Crippen LogP contribution >= 0.6 is 11.6 Å². The molecule has 0 bridgehead atoms. The summed E-state index contributed by atoms with van der Waals surface area (Å²) in [5.74, 6) is 1.36. The highest BCUT2D eigenvalue weighted by atomic mass is 35.5. The van der Waals surface area contributed by atoms with E-state index < -0.39 is 10.0 Å². The highest BCUT2D eigenvalue weighted by Crippen LogP contribution is 2.27. The summed E-state index contributed by atoms with van der Waals surface area (Å²) in [7, 11) is -1.86. The minimum Gasteiger partial charge on any atom is -0.352 e. The average Bonchev–Trinajstić information content (AvgIpc) is 3.13. The Kier molecular flexibility index (Phi) is 6.23. The zero-order valence-electron chi connectivity index (χ0n) is 17.7. The van der Waals surface area contributed by atoms with Crippen molar-refractivity contribution in [3.05, 3.63) is 35.4 Å². The van der Waals surface area contributed by atoms with Crippen molar-refractivity contribution in [3.8, 4) is 0 Å². The van der Waals surface area contributed by atoms with Gasteiger partial charge in [-0.3, -0.25) is 4.79 Å². The van der Waals surface area contributed by atoms with Gasteiger partial charge in [-0.1, -0.05) is 11.6 Å². The molecule has 0 radical (unpaired) electrons. The van der Waals surface area contributed by atoms with Gasteiger partial charge in [0.25, 0.3) is 10.0 Å². The second kappa shape index (κ2) is 8.76. The van der Waals surface area contributed by atoms with E-state index in [1.54, 1.807) is 30.8 Å². The number of hydrogen-bond acceptors (Lipinski definition) is 6. The van der Waals surface area contributed by atoms with Crippen LogP contribution in [0.3, 0.4) is 0 Å². The molecular weight excluding hydrogens is 440 g/mol. The van der Waals surface area contributed by atoms with Gasteiger partial charge in [0.2, 0.25) is 5.91 Å². The predicted molar refractivity (Wildman–Crippen MR) is 117 cm³/mol. The lowest BCUT2D eigenvalue weighted by molar-refractivity contribution is -0.137. The lowest BCUT2D eigenvalue weighted by Crippen LogP contribution is -2.52. The number of nitrogens with zero attached hydrogens (tertiary/aromatic N) is 6. The van der Waals surface area contributed by atoms with Crippen LogP contribution in [-0.2, 0) is 21.9 Å². The zero-order valence-corrected chi connectivity index (χ0v) is 19.3. The van der Waals surface area contributed by atoms with E-state index >= 15 is 0 Å². The molecule has 2 aliphatic heterocycles. The van der Waals surface area contributed by atoms with E-state index in [0.29, 0.717) is 63.0 Å². The van der Waals surface area contributed by atoms with E-state index in [4.69, 9.17) is 11.6 Å². The number of rotatable bonds is 4. The number of pyridine rings is 1. The number of piperidine rings is 1. The maximum absolute atomic E-state index is 13.0. The summed E-state index contributed by atoms with van der Waals surface area (Å²) in [6.45, 7) is 5.00. The van der Waals surface area contributed by atoms with Crippen molar-refractivity contribution in [2.45, 2.75) is 24.8 Å². The Morgan fingerprint density at radius 2 is 1.81 bits per heavy atom. The van der Waals surface area contributed by atoms with E-state index in [2.05, 4.69) is 14.9 Å². The first-order valence-corrected chi connectivity index (χ1v) is 12.2. The molecule has 4 heterocycles. The van der Waals surface area contributed by atoms with Crippen LogP contribution in [-0.4, -0.2) is 77.3 Å². The summed E-state index contributed by atoms with van der Waals surface area (Å²) in [4.78, 5) is 25.5. The minimum absolute atomic E-state index is 0.0709. The second-order valence-electron chi connectivity index (χ2n) is 8.04. The molecule has 168 valence electrons. The molecule has 9 nitrogen and oxygen atoms in total. The Balaban J connectivity index is 1.32. The Labute approximate surface area is 187 Å². The number of halogens is 1. The van der Waals surface area contributed by atoms with Gasteiger partial charge in [-0.2, -0.15) is 4.31 Å². The van der Waals surface area contributed by atoms with Crippen LogP contribution in [0, 0.1) is 12.8 Å². The number of piperazine rings is 1. The van der Waals surface area contributed by atoms with Crippen molar-refractivity contribution in [1.82, 2.24) is 23.7 Å². The monoisotopic (exact) mass is 466 g/mol. The molecular formula is C20H27ClN6O3S. The molecule has 11 heteroatoms. The third-order valence-corrected chi connectivity index (χ3v) is 8.19. The van der Waals surface area contributed by atoms with Crippen LogP contribution in [0.5, 0.6) is 0 Å². The van der Waals surface area contributed by atoms with Gasteiger partial charge < -0.3 is 14.4 Å². The van der Waals surface area contributed by atoms with Crippen LogP contribution in [0.1, 0.15) is 18.7 Å². The van der Waals surface area contributed by atoms with Crippen LogP contribution in [0.4, 0.5) is 5.82 Å². The van der Waals surface area contributed by atoms with Gasteiger partial charge in [0.15, 0.2) is 5.03 Å². The Morgan fingerprint density at radius 3 is 2.39 bits per heavy atom. The first-order chi connectivity index (χ1) is 14.8. The number of anilines is 1. The maximum atomic E-state index is 13.0. The molecule has 4 rings (SSSR count). The molecule has 0 saturated carbocycles. The van der Waals surface area contributed by atoms with Crippen molar-refractivity contribution in [2.75, 3.05) is 44.2 Å². The van der Waals surface area contributed by atoms with Crippen molar-refractivity contribution < 1.29 is 13.2 Å². The predicted octanol–water partition coefficient (Wildman–Crippen LogP) is 1.53. The third kappa shape index (κ3) is 4.42. The number of amides is 1. The topological polar surface area (TPSA) is 91.6 Å². The SMILES string of the molecule is Cc1nc(S(=O)(=O)N2CCC(C(=O)N3CCN(c4ncccc4Cl)CC3)CC2)cn1C. The summed E-state index contributed by atoms with van der Waals surface area (Å²) >= 11 is 6.24. The number of aromatic nitrogens is 3. The fraction of sp³-hybridized carbons (Fsp3) is 0.550. The normalized spacial score (nSPS) is 19.1. The molecule has 2 aliphatic rings. The zero-order chi connectivity index (χ0) is 22.2. The van der Waals surface area contributed by atoms with E-state index in [0.717, 1.165) is 5.82 Å². The quantitative estimate of drug-likeness (QED) is 0.678. The van der Waals surface area contributed by atoms with Crippen LogP contribution in [0.25, 0.3) is 0 Å². The van der Waals surface area contributed by atoms with Crippen LogP contribution in [0.15, 0.2) is 29.6 Å². The maximum Gasteiger partial charge on any atom is 0.262 e. The minimum atomic E-state index is -3.63. The van der Waals surface area contributed by atoms with Crippen molar-refractivity contribution >= 4 is 33.3 Å². The molecule has 2 aromatic heterocycles. The lowest BCUT2D eigenvalue weighted by Gasteiger charge is -2.38. The number of carbonyl (C=O) groups is 1. The second-order valence-corrected chi connectivity index (χ2v) is 10.3. The number of carbonyl (C=O) groups excluding carboxylic acids is 1. The van der Waals surface area contributed by atoms with Crippen LogP contribution < -0.4 is 4.90 Å². The number of imidazole rings is 1. The molecule has 0 spiro atoms. The van der Waals surface area contributed by atoms with Gasteiger partial charge in [0.05, 0.1) is 5.02 Å². The number of hydrogen-bond donors (Lipinski definition) is 0. The molecule has 0 aromatic carbocycles. The molecule has 1 amide bonds. The summed E-state index contributed by atoms with van der Waals surface area (Å²) in [5.41, 5.74) is 0. The summed E-state index contributed by atoms with van der Waals surface area (Å²) in [5, 5.41) is 0.681. The fourth-order valence-corrected chi connectivity index (χ4v) is 5.87.